The Kier molecular flexibility index (Phi) is 6.08. The fourth-order valence-corrected chi connectivity index (χ4v) is 3.33. The SMILES string of the molecule is COCC(Nc1cc(OC)c(Br)cc1Br)c1ccccc1. The topological polar surface area (TPSA) is 30.5 Å². The molecule has 2 aromatic rings. The van der Waals surface area contributed by atoms with Gasteiger partial charge in [-0.1, -0.05) is 30.3 Å². The lowest BCUT2D eigenvalue weighted by molar-refractivity contribution is 0.186. The van der Waals surface area contributed by atoms with E-state index in [-0.39, 0.29) is 6.04 Å². The molecular weight excluding hydrogens is 398 g/mol. The molecule has 0 spiro atoms. The molecule has 112 valence electrons. The normalized spacial score (nSPS) is 12.0. The number of ether oxygens (including phenoxy) is 2. The quantitative estimate of drug-likeness (QED) is 0.719. The zero-order chi connectivity index (χ0) is 15.2. The van der Waals surface area contributed by atoms with Crippen molar-refractivity contribution in [2.45, 2.75) is 6.04 Å². The van der Waals surface area contributed by atoms with Gasteiger partial charge in [-0.25, -0.2) is 0 Å². The minimum atomic E-state index is 0.0679. The number of benzene rings is 2. The van der Waals surface area contributed by atoms with Crippen LogP contribution in [0.25, 0.3) is 0 Å². The van der Waals surface area contributed by atoms with Gasteiger partial charge in [-0.05, 0) is 43.5 Å². The van der Waals surface area contributed by atoms with Gasteiger partial charge in [-0.15, -0.1) is 0 Å². The van der Waals surface area contributed by atoms with Crippen molar-refractivity contribution in [2.75, 3.05) is 26.1 Å². The first-order chi connectivity index (χ1) is 10.2. The van der Waals surface area contributed by atoms with Gasteiger partial charge in [0.25, 0.3) is 0 Å². The Balaban J connectivity index is 2.29. The van der Waals surface area contributed by atoms with Crippen molar-refractivity contribution in [1.29, 1.82) is 0 Å². The minimum absolute atomic E-state index is 0.0679. The fourth-order valence-electron chi connectivity index (χ4n) is 2.06. The molecule has 3 nitrogen and oxygen atoms in total. The van der Waals surface area contributed by atoms with Crippen LogP contribution < -0.4 is 10.1 Å². The first-order valence-corrected chi connectivity index (χ1v) is 8.07. The van der Waals surface area contributed by atoms with Gasteiger partial charge < -0.3 is 14.8 Å². The molecule has 1 atom stereocenters. The maximum Gasteiger partial charge on any atom is 0.135 e. The van der Waals surface area contributed by atoms with Crippen molar-refractivity contribution in [3.63, 3.8) is 0 Å². The molecule has 1 unspecified atom stereocenters. The molecule has 21 heavy (non-hydrogen) atoms. The van der Waals surface area contributed by atoms with Gasteiger partial charge in [-0.3, -0.25) is 0 Å². The van der Waals surface area contributed by atoms with E-state index in [0.29, 0.717) is 6.61 Å². The summed E-state index contributed by atoms with van der Waals surface area (Å²) in [6.45, 7) is 0.578. The van der Waals surface area contributed by atoms with Crippen molar-refractivity contribution in [3.8, 4) is 5.75 Å². The first-order valence-electron chi connectivity index (χ1n) is 6.49. The van der Waals surface area contributed by atoms with Crippen molar-refractivity contribution < 1.29 is 9.47 Å². The van der Waals surface area contributed by atoms with Gasteiger partial charge >= 0.3 is 0 Å². The molecule has 0 aromatic heterocycles. The number of hydrogen-bond donors (Lipinski definition) is 1. The van der Waals surface area contributed by atoms with Crippen LogP contribution in [0.3, 0.4) is 0 Å². The van der Waals surface area contributed by atoms with Gasteiger partial charge in [0.15, 0.2) is 0 Å². The van der Waals surface area contributed by atoms with Crippen LogP contribution in [-0.2, 0) is 4.74 Å². The standard InChI is InChI=1S/C16H17Br2NO2/c1-20-10-15(11-6-4-3-5-7-11)19-14-9-16(21-2)13(18)8-12(14)17/h3-9,15,19H,10H2,1-2H3. The fraction of sp³-hybridized carbons (Fsp3) is 0.250. The van der Waals surface area contributed by atoms with E-state index in [1.807, 2.05) is 30.3 Å². The van der Waals surface area contributed by atoms with Crippen LogP contribution in [0.15, 0.2) is 51.4 Å². The zero-order valence-corrected chi connectivity index (χ0v) is 15.1. The Bertz CT molecular complexity index is 590. The van der Waals surface area contributed by atoms with Gasteiger partial charge in [0.1, 0.15) is 5.75 Å². The highest BCUT2D eigenvalue weighted by atomic mass is 79.9. The van der Waals surface area contributed by atoms with Crippen LogP contribution >= 0.6 is 31.9 Å². The Morgan fingerprint density at radius 2 is 1.76 bits per heavy atom. The van der Waals surface area contributed by atoms with E-state index >= 15 is 0 Å². The number of nitrogens with one attached hydrogen (secondary N) is 1. The molecule has 2 aromatic carbocycles. The predicted molar refractivity (Wildman–Crippen MR) is 93.1 cm³/mol. The molecule has 0 bridgehead atoms. The van der Waals surface area contributed by atoms with Crippen LogP contribution in [0.5, 0.6) is 5.75 Å². The van der Waals surface area contributed by atoms with Crippen molar-refractivity contribution >= 4 is 37.5 Å². The highest BCUT2D eigenvalue weighted by Crippen LogP contribution is 2.36. The number of anilines is 1. The molecule has 0 aliphatic rings. The highest BCUT2D eigenvalue weighted by molar-refractivity contribution is 9.11. The van der Waals surface area contributed by atoms with E-state index in [9.17, 15) is 0 Å². The summed E-state index contributed by atoms with van der Waals surface area (Å²) < 4.78 is 12.6. The summed E-state index contributed by atoms with van der Waals surface area (Å²) in [6, 6.07) is 14.2. The van der Waals surface area contributed by atoms with E-state index < -0.39 is 0 Å². The van der Waals surface area contributed by atoms with Crippen LogP contribution in [0, 0.1) is 0 Å². The Labute approximate surface area is 141 Å². The molecule has 2 rings (SSSR count). The summed E-state index contributed by atoms with van der Waals surface area (Å²) in [4.78, 5) is 0. The molecule has 0 radical (unpaired) electrons. The Hall–Kier alpha value is -1.04. The lowest BCUT2D eigenvalue weighted by atomic mass is 10.1. The maximum atomic E-state index is 5.35. The monoisotopic (exact) mass is 413 g/mol. The number of methoxy groups -OCH3 is 2. The molecule has 1 N–H and O–H groups in total. The summed E-state index contributed by atoms with van der Waals surface area (Å²) in [5.74, 6) is 0.782. The average molecular weight is 415 g/mol. The van der Waals surface area contributed by atoms with Gasteiger partial charge in [0, 0.05) is 17.6 Å². The highest BCUT2D eigenvalue weighted by Gasteiger charge is 2.14. The summed E-state index contributed by atoms with van der Waals surface area (Å²) >= 11 is 7.05. The Morgan fingerprint density at radius 1 is 1.05 bits per heavy atom. The number of rotatable bonds is 6. The second-order valence-electron chi connectivity index (χ2n) is 4.53. The van der Waals surface area contributed by atoms with Gasteiger partial charge in [0.2, 0.25) is 0 Å². The van der Waals surface area contributed by atoms with Crippen molar-refractivity contribution in [3.05, 3.63) is 57.0 Å². The molecule has 0 heterocycles. The summed E-state index contributed by atoms with van der Waals surface area (Å²) in [5, 5.41) is 3.49. The first kappa shape index (κ1) is 16.3. The molecule has 0 saturated carbocycles. The van der Waals surface area contributed by atoms with E-state index in [0.717, 1.165) is 20.4 Å². The van der Waals surface area contributed by atoms with Crippen molar-refractivity contribution in [2.24, 2.45) is 0 Å². The summed E-state index contributed by atoms with van der Waals surface area (Å²) in [6.07, 6.45) is 0. The minimum Gasteiger partial charge on any atom is -0.495 e. The van der Waals surface area contributed by atoms with E-state index in [1.165, 1.54) is 5.56 Å². The second kappa shape index (κ2) is 7.82. The van der Waals surface area contributed by atoms with Crippen LogP contribution in [-0.4, -0.2) is 20.8 Å². The molecule has 0 amide bonds. The number of halogens is 2. The summed E-state index contributed by atoms with van der Waals surface area (Å²) in [5.41, 5.74) is 2.13. The summed E-state index contributed by atoms with van der Waals surface area (Å²) in [7, 11) is 3.36. The number of hydrogen-bond acceptors (Lipinski definition) is 3. The third kappa shape index (κ3) is 4.22. The van der Waals surface area contributed by atoms with E-state index in [1.54, 1.807) is 14.2 Å². The van der Waals surface area contributed by atoms with Gasteiger partial charge in [0.05, 0.1) is 29.9 Å². The molecule has 0 saturated heterocycles. The third-order valence-corrected chi connectivity index (χ3v) is 4.38. The van der Waals surface area contributed by atoms with Crippen LogP contribution in [0.4, 0.5) is 5.69 Å². The van der Waals surface area contributed by atoms with Crippen LogP contribution in [0.2, 0.25) is 0 Å². The lowest BCUT2D eigenvalue weighted by Gasteiger charge is -2.21. The lowest BCUT2D eigenvalue weighted by Crippen LogP contribution is -2.16. The van der Waals surface area contributed by atoms with Gasteiger partial charge in [-0.2, -0.15) is 0 Å². The average Bonchev–Trinajstić information content (AvgIpc) is 2.50. The zero-order valence-electron chi connectivity index (χ0n) is 11.9. The van der Waals surface area contributed by atoms with Crippen molar-refractivity contribution in [1.82, 2.24) is 0 Å². The molecule has 0 aliphatic heterocycles. The molecular formula is C16H17Br2NO2. The third-order valence-electron chi connectivity index (χ3n) is 3.11. The van der Waals surface area contributed by atoms with E-state index in [4.69, 9.17) is 9.47 Å². The molecule has 0 fully saturated rings. The molecule has 5 heteroatoms. The maximum absolute atomic E-state index is 5.35. The Morgan fingerprint density at radius 3 is 2.38 bits per heavy atom. The van der Waals surface area contributed by atoms with E-state index in [2.05, 4.69) is 49.3 Å². The second-order valence-corrected chi connectivity index (χ2v) is 6.24. The largest absolute Gasteiger partial charge is 0.495 e. The molecule has 0 aliphatic carbocycles. The smallest absolute Gasteiger partial charge is 0.135 e. The van der Waals surface area contributed by atoms with Crippen LogP contribution in [0.1, 0.15) is 11.6 Å². The predicted octanol–water partition coefficient (Wildman–Crippen LogP) is 5.02.